The van der Waals surface area contributed by atoms with Crippen molar-refractivity contribution in [3.63, 3.8) is 0 Å². The van der Waals surface area contributed by atoms with Crippen molar-refractivity contribution in [3.05, 3.63) is 81.6 Å². The summed E-state index contributed by atoms with van der Waals surface area (Å²) < 4.78 is 1.62. The molecular weight excluding hydrogens is 345 g/mol. The lowest BCUT2D eigenvalue weighted by Gasteiger charge is -2.07. The first-order valence-electron chi connectivity index (χ1n) is 7.39. The topological polar surface area (TPSA) is 46.9 Å². The van der Waals surface area contributed by atoms with E-state index in [1.807, 2.05) is 30.3 Å². The number of carbonyl (C=O) groups is 1. The second-order valence-electron chi connectivity index (χ2n) is 5.33. The summed E-state index contributed by atoms with van der Waals surface area (Å²) in [5, 5.41) is 7.93. The SMILES string of the molecule is Cc1nn(Cc2ccccc2)c(Cl)c1C(=O)Nc1ccccc1Cl. The molecule has 1 aromatic heterocycles. The molecule has 0 atom stereocenters. The minimum atomic E-state index is -0.329. The lowest BCUT2D eigenvalue weighted by Crippen LogP contribution is -2.13. The highest BCUT2D eigenvalue weighted by atomic mass is 35.5. The van der Waals surface area contributed by atoms with Crippen LogP contribution in [0.15, 0.2) is 54.6 Å². The molecule has 0 bridgehead atoms. The molecule has 2 aromatic carbocycles. The summed E-state index contributed by atoms with van der Waals surface area (Å²) in [7, 11) is 0. The van der Waals surface area contributed by atoms with Gasteiger partial charge < -0.3 is 5.32 Å². The van der Waals surface area contributed by atoms with Crippen LogP contribution in [0.25, 0.3) is 0 Å². The van der Waals surface area contributed by atoms with Crippen LogP contribution in [0.1, 0.15) is 21.6 Å². The number of amides is 1. The molecule has 0 saturated heterocycles. The van der Waals surface area contributed by atoms with Crippen molar-refractivity contribution >= 4 is 34.8 Å². The Morgan fingerprint density at radius 2 is 1.75 bits per heavy atom. The number of hydrogen-bond acceptors (Lipinski definition) is 2. The minimum Gasteiger partial charge on any atom is -0.320 e. The Morgan fingerprint density at radius 1 is 1.08 bits per heavy atom. The number of anilines is 1. The fourth-order valence-corrected chi connectivity index (χ4v) is 2.92. The third kappa shape index (κ3) is 3.45. The number of para-hydroxylation sites is 1. The van der Waals surface area contributed by atoms with E-state index in [9.17, 15) is 4.79 Å². The summed E-state index contributed by atoms with van der Waals surface area (Å²) in [6.07, 6.45) is 0. The van der Waals surface area contributed by atoms with E-state index in [0.29, 0.717) is 33.7 Å². The molecule has 0 fully saturated rings. The van der Waals surface area contributed by atoms with E-state index in [1.165, 1.54) is 0 Å². The highest BCUT2D eigenvalue weighted by Crippen LogP contribution is 2.25. The van der Waals surface area contributed by atoms with E-state index < -0.39 is 0 Å². The molecule has 0 saturated carbocycles. The van der Waals surface area contributed by atoms with E-state index in [1.54, 1.807) is 35.9 Å². The van der Waals surface area contributed by atoms with Gasteiger partial charge in [-0.3, -0.25) is 4.79 Å². The summed E-state index contributed by atoms with van der Waals surface area (Å²) in [6.45, 7) is 2.26. The summed E-state index contributed by atoms with van der Waals surface area (Å²) in [6, 6.07) is 16.9. The second kappa shape index (κ2) is 7.07. The Labute approximate surface area is 150 Å². The maximum Gasteiger partial charge on any atom is 0.260 e. The molecule has 3 aromatic rings. The van der Waals surface area contributed by atoms with Crippen molar-refractivity contribution in [2.75, 3.05) is 5.32 Å². The predicted octanol–water partition coefficient (Wildman–Crippen LogP) is 4.80. The van der Waals surface area contributed by atoms with Gasteiger partial charge >= 0.3 is 0 Å². The Kier molecular flexibility index (Phi) is 4.88. The van der Waals surface area contributed by atoms with Crippen LogP contribution in [-0.2, 0) is 6.54 Å². The molecule has 0 unspecified atom stereocenters. The molecule has 0 aliphatic heterocycles. The summed E-state index contributed by atoms with van der Waals surface area (Å²) in [5.41, 5.74) is 2.52. The van der Waals surface area contributed by atoms with Crippen LogP contribution >= 0.6 is 23.2 Å². The largest absolute Gasteiger partial charge is 0.320 e. The van der Waals surface area contributed by atoms with Crippen LogP contribution in [0, 0.1) is 6.92 Å². The Balaban J connectivity index is 1.86. The van der Waals surface area contributed by atoms with Crippen molar-refractivity contribution in [1.29, 1.82) is 0 Å². The third-order valence-electron chi connectivity index (χ3n) is 3.59. The number of aryl methyl sites for hydroxylation is 1. The number of nitrogens with zero attached hydrogens (tertiary/aromatic N) is 2. The molecule has 1 heterocycles. The van der Waals surface area contributed by atoms with Gasteiger partial charge in [-0.05, 0) is 24.6 Å². The molecule has 0 aliphatic rings. The zero-order chi connectivity index (χ0) is 17.1. The quantitative estimate of drug-likeness (QED) is 0.727. The first-order chi connectivity index (χ1) is 11.6. The Bertz CT molecular complexity index is 875. The molecule has 0 aliphatic carbocycles. The number of aromatic nitrogens is 2. The molecule has 1 N–H and O–H groups in total. The normalized spacial score (nSPS) is 10.6. The number of nitrogens with one attached hydrogen (secondary N) is 1. The van der Waals surface area contributed by atoms with Crippen molar-refractivity contribution in [3.8, 4) is 0 Å². The van der Waals surface area contributed by atoms with Gasteiger partial charge in [0.15, 0.2) is 0 Å². The molecule has 6 heteroatoms. The lowest BCUT2D eigenvalue weighted by atomic mass is 10.2. The fraction of sp³-hybridized carbons (Fsp3) is 0.111. The maximum atomic E-state index is 12.6. The summed E-state index contributed by atoms with van der Waals surface area (Å²) >= 11 is 12.5. The number of halogens is 2. The average Bonchev–Trinajstić information content (AvgIpc) is 2.84. The smallest absolute Gasteiger partial charge is 0.260 e. The fourth-order valence-electron chi connectivity index (χ4n) is 2.42. The Morgan fingerprint density at radius 3 is 2.46 bits per heavy atom. The van der Waals surface area contributed by atoms with E-state index >= 15 is 0 Å². The van der Waals surface area contributed by atoms with Crippen LogP contribution in [0.5, 0.6) is 0 Å². The van der Waals surface area contributed by atoms with Gasteiger partial charge in [0.2, 0.25) is 0 Å². The monoisotopic (exact) mass is 359 g/mol. The molecule has 122 valence electrons. The molecule has 0 radical (unpaired) electrons. The first kappa shape index (κ1) is 16.6. The van der Waals surface area contributed by atoms with Crippen molar-refractivity contribution in [1.82, 2.24) is 9.78 Å². The molecule has 1 amide bonds. The van der Waals surface area contributed by atoms with Crippen LogP contribution in [0.3, 0.4) is 0 Å². The van der Waals surface area contributed by atoms with Crippen LogP contribution in [-0.4, -0.2) is 15.7 Å². The van der Waals surface area contributed by atoms with E-state index in [2.05, 4.69) is 10.4 Å². The van der Waals surface area contributed by atoms with Gasteiger partial charge in [0.25, 0.3) is 5.91 Å². The highest BCUT2D eigenvalue weighted by Gasteiger charge is 2.21. The molecule has 24 heavy (non-hydrogen) atoms. The minimum absolute atomic E-state index is 0.306. The molecule has 4 nitrogen and oxygen atoms in total. The highest BCUT2D eigenvalue weighted by molar-refractivity contribution is 6.35. The maximum absolute atomic E-state index is 12.6. The standard InChI is InChI=1S/C18H15Cl2N3O/c1-12-16(18(24)21-15-10-6-5-9-14(15)19)17(20)23(22-12)11-13-7-3-2-4-8-13/h2-10H,11H2,1H3,(H,21,24). The van der Waals surface area contributed by atoms with Crippen molar-refractivity contribution in [2.24, 2.45) is 0 Å². The van der Waals surface area contributed by atoms with Crippen molar-refractivity contribution in [2.45, 2.75) is 13.5 Å². The van der Waals surface area contributed by atoms with Gasteiger partial charge in [-0.25, -0.2) is 4.68 Å². The second-order valence-corrected chi connectivity index (χ2v) is 6.09. The van der Waals surface area contributed by atoms with Gasteiger partial charge in [0.05, 0.1) is 28.5 Å². The number of carbonyl (C=O) groups excluding carboxylic acids is 1. The Hall–Kier alpha value is -2.30. The van der Waals surface area contributed by atoms with Crippen molar-refractivity contribution < 1.29 is 4.79 Å². The van der Waals surface area contributed by atoms with Gasteiger partial charge in [0, 0.05) is 0 Å². The number of rotatable bonds is 4. The van der Waals surface area contributed by atoms with Crippen LogP contribution < -0.4 is 5.32 Å². The van der Waals surface area contributed by atoms with Crippen LogP contribution in [0.2, 0.25) is 10.2 Å². The molecule has 3 rings (SSSR count). The number of benzene rings is 2. The zero-order valence-electron chi connectivity index (χ0n) is 13.0. The zero-order valence-corrected chi connectivity index (χ0v) is 14.5. The van der Waals surface area contributed by atoms with Gasteiger partial charge in [-0.15, -0.1) is 0 Å². The molecule has 0 spiro atoms. The summed E-state index contributed by atoms with van der Waals surface area (Å²) in [4.78, 5) is 12.6. The van der Waals surface area contributed by atoms with E-state index in [-0.39, 0.29) is 5.91 Å². The lowest BCUT2D eigenvalue weighted by molar-refractivity contribution is 0.102. The number of hydrogen-bond donors (Lipinski definition) is 1. The summed E-state index contributed by atoms with van der Waals surface area (Å²) in [5.74, 6) is -0.329. The van der Waals surface area contributed by atoms with E-state index in [4.69, 9.17) is 23.2 Å². The van der Waals surface area contributed by atoms with Gasteiger partial charge in [-0.1, -0.05) is 65.7 Å². The average molecular weight is 360 g/mol. The van der Waals surface area contributed by atoms with Crippen LogP contribution in [0.4, 0.5) is 5.69 Å². The third-order valence-corrected chi connectivity index (χ3v) is 4.30. The van der Waals surface area contributed by atoms with Gasteiger partial charge in [0.1, 0.15) is 5.15 Å². The van der Waals surface area contributed by atoms with E-state index in [0.717, 1.165) is 5.56 Å². The van der Waals surface area contributed by atoms with Gasteiger partial charge in [-0.2, -0.15) is 5.10 Å². The predicted molar refractivity (Wildman–Crippen MR) is 96.9 cm³/mol. The molecular formula is C18H15Cl2N3O. The first-order valence-corrected chi connectivity index (χ1v) is 8.14.